The fourth-order valence-corrected chi connectivity index (χ4v) is 4.82. The van der Waals surface area contributed by atoms with Crippen LogP contribution < -0.4 is 10.1 Å². The Morgan fingerprint density at radius 3 is 2.68 bits per heavy atom. The summed E-state index contributed by atoms with van der Waals surface area (Å²) >= 11 is 6.49. The van der Waals surface area contributed by atoms with Gasteiger partial charge in [-0.3, -0.25) is 4.79 Å². The van der Waals surface area contributed by atoms with E-state index in [-0.39, 0.29) is 12.4 Å². The minimum Gasteiger partial charge on any atom is -0.457 e. The molecule has 1 fully saturated rings. The maximum atomic E-state index is 13.5. The number of benzene rings is 2. The number of aliphatic hydroxyl groups is 1. The minimum absolute atomic E-state index is 0.221. The number of carbonyl (C=O) groups excluding carboxylic acids is 1. The SMILES string of the molecule is O=C(c1ccc(Oc2ccccc2)cc1Cl)c1c[nH]c2ncnc(NCC3CCC(CO)C3)c12. The Kier molecular flexibility index (Phi) is 6.47. The summed E-state index contributed by atoms with van der Waals surface area (Å²) in [6.07, 6.45) is 6.22. The maximum Gasteiger partial charge on any atom is 0.196 e. The van der Waals surface area contributed by atoms with Crippen LogP contribution in [0, 0.1) is 11.8 Å². The van der Waals surface area contributed by atoms with Crippen molar-refractivity contribution in [1.82, 2.24) is 15.0 Å². The topological polar surface area (TPSA) is 100 Å². The van der Waals surface area contributed by atoms with Gasteiger partial charge in [0, 0.05) is 31.0 Å². The smallest absolute Gasteiger partial charge is 0.196 e. The highest BCUT2D eigenvalue weighted by Crippen LogP contribution is 2.33. The number of hydrogen-bond donors (Lipinski definition) is 3. The van der Waals surface area contributed by atoms with Crippen molar-refractivity contribution in [3.63, 3.8) is 0 Å². The second-order valence-corrected chi connectivity index (χ2v) is 9.05. The van der Waals surface area contributed by atoms with E-state index >= 15 is 0 Å². The fraction of sp³-hybridized carbons (Fsp3) is 0.269. The average molecular weight is 477 g/mol. The zero-order chi connectivity index (χ0) is 23.5. The standard InChI is InChI=1S/C26H25ClN4O3/c27-22-11-19(34-18-4-2-1-3-5-18)8-9-20(22)24(33)21-13-29-26-23(21)25(30-15-31-26)28-12-16-6-7-17(10-16)14-32/h1-5,8-9,11,13,15-17,32H,6-7,10,12,14H2,(H2,28,29,30,31). The van der Waals surface area contributed by atoms with Crippen molar-refractivity contribution < 1.29 is 14.6 Å². The van der Waals surface area contributed by atoms with Crippen molar-refractivity contribution in [2.75, 3.05) is 18.5 Å². The van der Waals surface area contributed by atoms with Crippen molar-refractivity contribution in [2.24, 2.45) is 11.8 Å². The summed E-state index contributed by atoms with van der Waals surface area (Å²) in [5.74, 6) is 2.47. The van der Waals surface area contributed by atoms with Gasteiger partial charge in [-0.25, -0.2) is 9.97 Å². The molecule has 0 amide bonds. The molecule has 2 atom stereocenters. The third-order valence-corrected chi connectivity index (χ3v) is 6.66. The maximum absolute atomic E-state index is 13.5. The fourth-order valence-electron chi connectivity index (χ4n) is 4.56. The third-order valence-electron chi connectivity index (χ3n) is 6.34. The molecule has 0 aliphatic heterocycles. The molecule has 34 heavy (non-hydrogen) atoms. The number of ketones is 1. The van der Waals surface area contributed by atoms with Crippen LogP contribution in [-0.2, 0) is 0 Å². The molecule has 1 aliphatic carbocycles. The van der Waals surface area contributed by atoms with E-state index in [1.807, 2.05) is 30.3 Å². The van der Waals surface area contributed by atoms with Crippen LogP contribution in [0.25, 0.3) is 11.0 Å². The van der Waals surface area contributed by atoms with E-state index in [9.17, 15) is 9.90 Å². The van der Waals surface area contributed by atoms with Crippen LogP contribution in [-0.4, -0.2) is 39.0 Å². The van der Waals surface area contributed by atoms with E-state index in [2.05, 4.69) is 20.3 Å². The molecule has 5 rings (SSSR count). The Bertz CT molecular complexity index is 1310. The number of aliphatic hydroxyl groups excluding tert-OH is 1. The number of ether oxygens (including phenoxy) is 1. The molecule has 7 nitrogen and oxygen atoms in total. The van der Waals surface area contributed by atoms with Crippen LogP contribution in [0.2, 0.25) is 5.02 Å². The lowest BCUT2D eigenvalue weighted by molar-refractivity contribution is 0.104. The first-order valence-corrected chi connectivity index (χ1v) is 11.7. The number of halogens is 1. The van der Waals surface area contributed by atoms with Crippen molar-refractivity contribution in [1.29, 1.82) is 0 Å². The van der Waals surface area contributed by atoms with Crippen LogP contribution in [0.5, 0.6) is 11.5 Å². The predicted octanol–water partition coefficient (Wildman–Crippen LogP) is 5.46. The number of para-hydroxylation sites is 1. The van der Waals surface area contributed by atoms with Gasteiger partial charge in [-0.15, -0.1) is 0 Å². The molecular formula is C26H25ClN4O3. The Labute approximate surface area is 202 Å². The molecule has 2 aromatic carbocycles. The molecule has 0 radical (unpaired) electrons. The first-order valence-electron chi connectivity index (χ1n) is 11.4. The number of aromatic amines is 1. The normalized spacial score (nSPS) is 17.7. The van der Waals surface area contributed by atoms with E-state index in [0.29, 0.717) is 56.3 Å². The van der Waals surface area contributed by atoms with Crippen molar-refractivity contribution in [3.05, 3.63) is 77.2 Å². The largest absolute Gasteiger partial charge is 0.457 e. The summed E-state index contributed by atoms with van der Waals surface area (Å²) in [4.78, 5) is 25.2. The molecule has 174 valence electrons. The van der Waals surface area contributed by atoms with E-state index in [0.717, 1.165) is 25.8 Å². The number of anilines is 1. The number of rotatable bonds is 8. The van der Waals surface area contributed by atoms with Crippen molar-refractivity contribution >= 4 is 34.2 Å². The number of carbonyl (C=O) groups is 1. The van der Waals surface area contributed by atoms with Gasteiger partial charge in [-0.2, -0.15) is 0 Å². The number of H-pyrrole nitrogens is 1. The number of nitrogens with zero attached hydrogens (tertiary/aromatic N) is 2. The Morgan fingerprint density at radius 2 is 1.91 bits per heavy atom. The van der Waals surface area contributed by atoms with Gasteiger partial charge < -0.3 is 20.1 Å². The molecule has 0 spiro atoms. The molecule has 0 bridgehead atoms. The molecule has 3 N–H and O–H groups in total. The van der Waals surface area contributed by atoms with Crippen LogP contribution >= 0.6 is 11.6 Å². The molecular weight excluding hydrogens is 452 g/mol. The van der Waals surface area contributed by atoms with Crippen LogP contribution in [0.15, 0.2) is 61.1 Å². The Balaban J connectivity index is 1.38. The summed E-state index contributed by atoms with van der Waals surface area (Å²) in [5, 5.41) is 13.7. The van der Waals surface area contributed by atoms with Gasteiger partial charge in [0.15, 0.2) is 5.78 Å². The summed E-state index contributed by atoms with van der Waals surface area (Å²) < 4.78 is 5.82. The van der Waals surface area contributed by atoms with Crippen LogP contribution in [0.4, 0.5) is 5.82 Å². The highest BCUT2D eigenvalue weighted by Gasteiger charge is 2.25. The minimum atomic E-state index is -0.221. The van der Waals surface area contributed by atoms with Crippen LogP contribution in [0.3, 0.4) is 0 Å². The second kappa shape index (κ2) is 9.83. The molecule has 2 aromatic heterocycles. The number of nitrogens with one attached hydrogen (secondary N) is 2. The van der Waals surface area contributed by atoms with Gasteiger partial charge in [0.05, 0.1) is 16.0 Å². The summed E-state index contributed by atoms with van der Waals surface area (Å²) in [6, 6.07) is 14.4. The van der Waals surface area contributed by atoms with Gasteiger partial charge in [-0.1, -0.05) is 29.8 Å². The highest BCUT2D eigenvalue weighted by atomic mass is 35.5. The number of fused-ring (bicyclic) bond motifs is 1. The molecule has 8 heteroatoms. The summed E-state index contributed by atoms with van der Waals surface area (Å²) in [6.45, 7) is 0.967. The van der Waals surface area contributed by atoms with Gasteiger partial charge in [0.2, 0.25) is 0 Å². The number of hydrogen-bond acceptors (Lipinski definition) is 6. The van der Waals surface area contributed by atoms with E-state index in [1.165, 1.54) is 6.33 Å². The lowest BCUT2D eigenvalue weighted by Crippen LogP contribution is -2.14. The van der Waals surface area contributed by atoms with Gasteiger partial charge >= 0.3 is 0 Å². The molecule has 0 saturated heterocycles. The Hall–Kier alpha value is -3.42. The van der Waals surface area contributed by atoms with E-state index in [1.54, 1.807) is 24.4 Å². The summed E-state index contributed by atoms with van der Waals surface area (Å²) in [5.41, 5.74) is 1.41. The first kappa shape index (κ1) is 22.4. The predicted molar refractivity (Wildman–Crippen MR) is 132 cm³/mol. The lowest BCUT2D eigenvalue weighted by Gasteiger charge is -2.13. The zero-order valence-electron chi connectivity index (χ0n) is 18.5. The Morgan fingerprint density at radius 1 is 1.09 bits per heavy atom. The van der Waals surface area contributed by atoms with Crippen LogP contribution in [0.1, 0.15) is 35.2 Å². The van der Waals surface area contributed by atoms with E-state index < -0.39 is 0 Å². The molecule has 1 aliphatic rings. The molecule has 2 unspecified atom stereocenters. The molecule has 2 heterocycles. The molecule has 4 aromatic rings. The zero-order valence-corrected chi connectivity index (χ0v) is 19.3. The number of aromatic nitrogens is 3. The third kappa shape index (κ3) is 4.62. The van der Waals surface area contributed by atoms with Gasteiger partial charge in [-0.05, 0) is 55.4 Å². The second-order valence-electron chi connectivity index (χ2n) is 8.64. The van der Waals surface area contributed by atoms with Crippen molar-refractivity contribution in [3.8, 4) is 11.5 Å². The van der Waals surface area contributed by atoms with Gasteiger partial charge in [0.1, 0.15) is 29.3 Å². The van der Waals surface area contributed by atoms with Gasteiger partial charge in [0.25, 0.3) is 0 Å². The summed E-state index contributed by atoms with van der Waals surface area (Å²) in [7, 11) is 0. The molecule has 1 saturated carbocycles. The quantitative estimate of drug-likeness (QED) is 0.292. The monoisotopic (exact) mass is 476 g/mol. The first-order chi connectivity index (χ1) is 16.6. The highest BCUT2D eigenvalue weighted by molar-refractivity contribution is 6.35. The van der Waals surface area contributed by atoms with Crippen molar-refractivity contribution in [2.45, 2.75) is 19.3 Å². The average Bonchev–Trinajstić information content (AvgIpc) is 3.50. The lowest BCUT2D eigenvalue weighted by atomic mass is 10.0. The van der Waals surface area contributed by atoms with E-state index in [4.69, 9.17) is 16.3 Å².